The van der Waals surface area contributed by atoms with Crippen LogP contribution in [0.25, 0.3) is 0 Å². The summed E-state index contributed by atoms with van der Waals surface area (Å²) in [6.45, 7) is 4.22. The average Bonchev–Trinajstić information content (AvgIpc) is 3.19. The fourth-order valence-electron chi connectivity index (χ4n) is 3.53. The minimum Gasteiger partial charge on any atom is -0.506 e. The van der Waals surface area contributed by atoms with Gasteiger partial charge in [-0.25, -0.2) is 0 Å². The Morgan fingerprint density at radius 3 is 2.71 bits per heavy atom. The Labute approximate surface area is 172 Å². The number of nitrogens with one attached hydrogen (secondary N) is 1. The molecule has 1 saturated heterocycles. The van der Waals surface area contributed by atoms with Crippen LogP contribution in [0.1, 0.15) is 5.56 Å². The number of fused-ring (bicyclic) bond motifs is 1. The summed E-state index contributed by atoms with van der Waals surface area (Å²) in [5, 5.41) is 13.5. The summed E-state index contributed by atoms with van der Waals surface area (Å²) in [5.74, 6) is 2.71. The summed E-state index contributed by atoms with van der Waals surface area (Å²) < 4.78 is 11.8. The number of hydrogen-bond donors (Lipinski definition) is 2. The molecule has 0 unspecified atom stereocenters. The first-order valence-electron chi connectivity index (χ1n) is 9.22. The van der Waals surface area contributed by atoms with Crippen LogP contribution in [0.5, 0.6) is 17.2 Å². The lowest BCUT2D eigenvalue weighted by Crippen LogP contribution is -2.52. The fourth-order valence-corrected chi connectivity index (χ4v) is 4.13. The molecule has 0 bridgehead atoms. The molecule has 4 rings (SSSR count). The third kappa shape index (κ3) is 3.82. The number of nitrogens with zero attached hydrogens (tertiary/aromatic N) is 3. The van der Waals surface area contributed by atoms with E-state index in [1.807, 2.05) is 30.3 Å². The molecule has 148 valence electrons. The molecule has 0 radical (unpaired) electrons. The van der Waals surface area contributed by atoms with Gasteiger partial charge in [0.1, 0.15) is 5.75 Å². The van der Waals surface area contributed by atoms with E-state index in [4.69, 9.17) is 9.47 Å². The minimum absolute atomic E-state index is 0.258. The molecule has 2 aromatic carbocycles. The van der Waals surface area contributed by atoms with Gasteiger partial charge in [-0.15, -0.1) is 0 Å². The van der Waals surface area contributed by atoms with Crippen molar-refractivity contribution in [1.29, 1.82) is 0 Å². The van der Waals surface area contributed by atoms with Gasteiger partial charge in [0.15, 0.2) is 17.5 Å². The molecule has 1 fully saturated rings. The highest BCUT2D eigenvalue weighted by molar-refractivity contribution is 9.10. The van der Waals surface area contributed by atoms with Crippen molar-refractivity contribution in [3.8, 4) is 17.2 Å². The van der Waals surface area contributed by atoms with E-state index in [9.17, 15) is 5.11 Å². The quantitative estimate of drug-likeness (QED) is 0.557. The lowest BCUT2D eigenvalue weighted by molar-refractivity contribution is 0.173. The van der Waals surface area contributed by atoms with E-state index in [2.05, 4.69) is 36.0 Å². The number of aromatic hydroxyl groups is 1. The maximum absolute atomic E-state index is 10.1. The Hall–Kier alpha value is -2.61. The van der Waals surface area contributed by atoms with Gasteiger partial charge < -0.3 is 29.7 Å². The highest BCUT2D eigenvalue weighted by Gasteiger charge is 2.22. The van der Waals surface area contributed by atoms with Gasteiger partial charge in [-0.05, 0) is 45.8 Å². The van der Waals surface area contributed by atoms with E-state index in [1.165, 1.54) is 0 Å². The maximum atomic E-state index is 10.1. The van der Waals surface area contributed by atoms with Crippen LogP contribution in [0, 0.1) is 0 Å². The third-order valence-corrected chi connectivity index (χ3v) is 5.54. The van der Waals surface area contributed by atoms with Crippen molar-refractivity contribution in [3.63, 3.8) is 0 Å². The molecule has 7 nitrogen and oxygen atoms in total. The number of aliphatic imine (C=N–C) groups is 1. The second-order valence-corrected chi connectivity index (χ2v) is 7.53. The SMILES string of the molecule is CN=C(NCc1cc(Br)c2c(c1)OCO2)N1CCN(c2ccccc2O)CC1. The van der Waals surface area contributed by atoms with Gasteiger partial charge in [0.25, 0.3) is 0 Å². The molecule has 0 aliphatic carbocycles. The molecule has 2 N–H and O–H groups in total. The topological polar surface area (TPSA) is 69.6 Å². The summed E-state index contributed by atoms with van der Waals surface area (Å²) in [5.41, 5.74) is 1.97. The van der Waals surface area contributed by atoms with E-state index < -0.39 is 0 Å². The van der Waals surface area contributed by atoms with Crippen LogP contribution >= 0.6 is 15.9 Å². The lowest BCUT2D eigenvalue weighted by Gasteiger charge is -2.37. The minimum atomic E-state index is 0.258. The van der Waals surface area contributed by atoms with Crippen molar-refractivity contribution in [2.45, 2.75) is 6.54 Å². The zero-order valence-corrected chi connectivity index (χ0v) is 17.3. The molecule has 8 heteroatoms. The molecule has 28 heavy (non-hydrogen) atoms. The number of piperazine rings is 1. The van der Waals surface area contributed by atoms with Gasteiger partial charge in [0.05, 0.1) is 10.2 Å². The van der Waals surface area contributed by atoms with Gasteiger partial charge in [0.2, 0.25) is 6.79 Å². The Balaban J connectivity index is 1.36. The van der Waals surface area contributed by atoms with Gasteiger partial charge in [0, 0.05) is 39.8 Å². The Morgan fingerprint density at radius 2 is 1.96 bits per heavy atom. The van der Waals surface area contributed by atoms with Gasteiger partial charge in [-0.3, -0.25) is 4.99 Å². The van der Waals surface area contributed by atoms with Crippen LogP contribution in [-0.2, 0) is 6.54 Å². The lowest BCUT2D eigenvalue weighted by atomic mass is 10.2. The third-order valence-electron chi connectivity index (χ3n) is 4.95. The Kier molecular flexibility index (Phi) is 5.47. The Morgan fingerprint density at radius 1 is 1.18 bits per heavy atom. The molecular weight excluding hydrogens is 424 g/mol. The summed E-state index contributed by atoms with van der Waals surface area (Å²) in [6, 6.07) is 11.5. The number of ether oxygens (including phenoxy) is 2. The number of benzene rings is 2. The number of para-hydroxylation sites is 2. The smallest absolute Gasteiger partial charge is 0.231 e. The molecule has 2 aromatic rings. The van der Waals surface area contributed by atoms with Gasteiger partial charge >= 0.3 is 0 Å². The zero-order valence-electron chi connectivity index (χ0n) is 15.7. The van der Waals surface area contributed by atoms with Crippen LogP contribution in [0.2, 0.25) is 0 Å². The van der Waals surface area contributed by atoms with E-state index in [0.717, 1.165) is 59.4 Å². The molecule has 0 amide bonds. The second kappa shape index (κ2) is 8.18. The van der Waals surface area contributed by atoms with Crippen LogP contribution in [-0.4, -0.2) is 56.0 Å². The normalized spacial score (nSPS) is 16.4. The van der Waals surface area contributed by atoms with Crippen molar-refractivity contribution in [2.24, 2.45) is 4.99 Å². The maximum Gasteiger partial charge on any atom is 0.231 e. The first-order valence-corrected chi connectivity index (χ1v) is 10.0. The first-order chi connectivity index (χ1) is 13.7. The molecule has 2 aliphatic heterocycles. The predicted octanol–water partition coefficient (Wildman–Crippen LogP) is 2.78. The average molecular weight is 447 g/mol. The number of hydrogen-bond acceptors (Lipinski definition) is 5. The highest BCUT2D eigenvalue weighted by Crippen LogP contribution is 2.40. The second-order valence-electron chi connectivity index (χ2n) is 6.68. The number of phenols is 1. The van der Waals surface area contributed by atoms with Crippen LogP contribution in [0.3, 0.4) is 0 Å². The molecule has 0 saturated carbocycles. The number of phenolic OH excluding ortho intramolecular Hbond substituents is 1. The summed E-state index contributed by atoms with van der Waals surface area (Å²) >= 11 is 3.53. The van der Waals surface area contributed by atoms with E-state index in [0.29, 0.717) is 12.3 Å². The molecule has 0 spiro atoms. The number of anilines is 1. The first kappa shape index (κ1) is 18.7. The number of halogens is 1. The van der Waals surface area contributed by atoms with Crippen molar-refractivity contribution >= 4 is 27.6 Å². The van der Waals surface area contributed by atoms with E-state index in [1.54, 1.807) is 13.1 Å². The van der Waals surface area contributed by atoms with Crippen molar-refractivity contribution in [3.05, 3.63) is 46.4 Å². The van der Waals surface area contributed by atoms with E-state index in [-0.39, 0.29) is 6.79 Å². The van der Waals surface area contributed by atoms with Gasteiger partial charge in [-0.2, -0.15) is 0 Å². The number of guanidine groups is 1. The molecular formula is C20H23BrN4O3. The van der Waals surface area contributed by atoms with Crippen LogP contribution < -0.4 is 19.7 Å². The summed E-state index contributed by atoms with van der Waals surface area (Å²) in [7, 11) is 1.80. The largest absolute Gasteiger partial charge is 0.506 e. The van der Waals surface area contributed by atoms with Crippen LogP contribution in [0.15, 0.2) is 45.9 Å². The molecule has 0 atom stereocenters. The fraction of sp³-hybridized carbons (Fsp3) is 0.350. The van der Waals surface area contributed by atoms with Crippen LogP contribution in [0.4, 0.5) is 5.69 Å². The predicted molar refractivity (Wildman–Crippen MR) is 112 cm³/mol. The highest BCUT2D eigenvalue weighted by atomic mass is 79.9. The summed E-state index contributed by atoms with van der Waals surface area (Å²) in [4.78, 5) is 8.87. The van der Waals surface area contributed by atoms with Crippen molar-refractivity contribution in [2.75, 3.05) is 44.9 Å². The summed E-state index contributed by atoms with van der Waals surface area (Å²) in [6.07, 6.45) is 0. The molecule has 0 aromatic heterocycles. The monoisotopic (exact) mass is 446 g/mol. The molecule has 2 aliphatic rings. The zero-order chi connectivity index (χ0) is 19.5. The van der Waals surface area contributed by atoms with Crippen molar-refractivity contribution in [1.82, 2.24) is 10.2 Å². The van der Waals surface area contributed by atoms with Crippen molar-refractivity contribution < 1.29 is 14.6 Å². The Bertz CT molecular complexity index is 882. The standard InChI is InChI=1S/C20H23BrN4O3/c1-22-20(23-12-14-10-15(21)19-18(11-14)27-13-28-19)25-8-6-24(7-9-25)16-4-2-3-5-17(16)26/h2-5,10-11,26H,6-9,12-13H2,1H3,(H,22,23). The molecule has 2 heterocycles. The number of rotatable bonds is 3. The van der Waals surface area contributed by atoms with E-state index >= 15 is 0 Å². The van der Waals surface area contributed by atoms with Gasteiger partial charge in [-0.1, -0.05) is 12.1 Å².